The van der Waals surface area contributed by atoms with Gasteiger partial charge in [0.25, 0.3) is 0 Å². The van der Waals surface area contributed by atoms with E-state index in [1.54, 1.807) is 19.1 Å². The first kappa shape index (κ1) is 15.5. The smallest absolute Gasteiger partial charge is 0.129 e. The lowest BCUT2D eigenvalue weighted by atomic mass is 10.1. The van der Waals surface area contributed by atoms with E-state index in [1.165, 1.54) is 11.6 Å². The van der Waals surface area contributed by atoms with E-state index in [0.717, 1.165) is 25.1 Å². The van der Waals surface area contributed by atoms with Crippen molar-refractivity contribution in [1.29, 1.82) is 0 Å². The Kier molecular flexibility index (Phi) is 5.76. The molecule has 0 bridgehead atoms. The largest absolute Gasteiger partial charge is 0.489 e. The molecule has 2 aromatic carbocycles. The highest BCUT2D eigenvalue weighted by atomic mass is 19.1. The molecular formula is C18H22FNO. The molecule has 2 aromatic rings. The van der Waals surface area contributed by atoms with Crippen molar-refractivity contribution in [2.45, 2.75) is 33.4 Å². The number of rotatable bonds is 7. The molecule has 0 aliphatic rings. The van der Waals surface area contributed by atoms with E-state index in [9.17, 15) is 4.39 Å². The minimum Gasteiger partial charge on any atom is -0.489 e. The van der Waals surface area contributed by atoms with Gasteiger partial charge in [-0.15, -0.1) is 0 Å². The van der Waals surface area contributed by atoms with Crippen molar-refractivity contribution >= 4 is 0 Å². The van der Waals surface area contributed by atoms with Gasteiger partial charge in [0, 0.05) is 12.6 Å². The Bertz CT molecular complexity index is 566. The van der Waals surface area contributed by atoms with Crippen LogP contribution in [0.5, 0.6) is 5.75 Å². The van der Waals surface area contributed by atoms with Crippen molar-refractivity contribution in [1.82, 2.24) is 5.32 Å². The maximum atomic E-state index is 13.4. The molecular weight excluding hydrogens is 265 g/mol. The first-order valence-corrected chi connectivity index (χ1v) is 7.36. The molecule has 0 aliphatic heterocycles. The molecule has 0 spiro atoms. The zero-order valence-corrected chi connectivity index (χ0v) is 12.7. The fourth-order valence-corrected chi connectivity index (χ4v) is 1.99. The van der Waals surface area contributed by atoms with Crippen molar-refractivity contribution in [2.75, 3.05) is 6.54 Å². The third-order valence-corrected chi connectivity index (χ3v) is 3.33. The lowest BCUT2D eigenvalue weighted by Crippen LogP contribution is -2.13. The van der Waals surface area contributed by atoms with Crippen LogP contribution in [0.15, 0.2) is 42.5 Å². The number of halogens is 1. The summed E-state index contributed by atoms with van der Waals surface area (Å²) in [6.07, 6.45) is 1.14. The summed E-state index contributed by atoms with van der Waals surface area (Å²) in [5.74, 6) is 0.330. The average molecular weight is 287 g/mol. The molecule has 1 N–H and O–H groups in total. The van der Waals surface area contributed by atoms with Gasteiger partial charge in [0.1, 0.15) is 18.2 Å². The summed E-state index contributed by atoms with van der Waals surface area (Å²) < 4.78 is 19.0. The summed E-state index contributed by atoms with van der Waals surface area (Å²) in [5, 5.41) is 3.37. The highest BCUT2D eigenvalue weighted by Crippen LogP contribution is 2.17. The van der Waals surface area contributed by atoms with E-state index in [4.69, 9.17) is 4.74 Å². The predicted molar refractivity (Wildman–Crippen MR) is 83.9 cm³/mol. The molecule has 0 fully saturated rings. The van der Waals surface area contributed by atoms with Crippen LogP contribution < -0.4 is 10.1 Å². The van der Waals surface area contributed by atoms with Crippen molar-refractivity contribution < 1.29 is 9.13 Å². The van der Waals surface area contributed by atoms with Crippen molar-refractivity contribution in [2.24, 2.45) is 0 Å². The van der Waals surface area contributed by atoms with Gasteiger partial charge in [-0.2, -0.15) is 0 Å². The standard InChI is InChI=1S/C18H22FNO/c1-3-10-20-12-15-5-7-16(8-6-15)13-21-17-9-4-14(2)18(19)11-17/h4-9,11,20H,3,10,12-13H2,1-2H3. The maximum absolute atomic E-state index is 13.4. The Morgan fingerprint density at radius 3 is 2.43 bits per heavy atom. The Morgan fingerprint density at radius 2 is 1.76 bits per heavy atom. The SMILES string of the molecule is CCCNCc1ccc(COc2ccc(C)c(F)c2)cc1. The number of aryl methyl sites for hydroxylation is 1. The lowest BCUT2D eigenvalue weighted by Gasteiger charge is -2.08. The van der Waals surface area contributed by atoms with Crippen LogP contribution in [-0.4, -0.2) is 6.54 Å². The topological polar surface area (TPSA) is 21.3 Å². The minimum absolute atomic E-state index is 0.232. The van der Waals surface area contributed by atoms with E-state index in [2.05, 4.69) is 24.4 Å². The molecule has 2 rings (SSSR count). The first-order chi connectivity index (χ1) is 10.2. The summed E-state index contributed by atoms with van der Waals surface area (Å²) in [7, 11) is 0. The van der Waals surface area contributed by atoms with Crippen LogP contribution >= 0.6 is 0 Å². The highest BCUT2D eigenvalue weighted by Gasteiger charge is 2.01. The summed E-state index contributed by atoms with van der Waals surface area (Å²) in [5.41, 5.74) is 2.97. The number of ether oxygens (including phenoxy) is 1. The maximum Gasteiger partial charge on any atom is 0.129 e. The van der Waals surface area contributed by atoms with E-state index in [-0.39, 0.29) is 5.82 Å². The van der Waals surface area contributed by atoms with E-state index < -0.39 is 0 Å². The Hall–Kier alpha value is -1.87. The summed E-state index contributed by atoms with van der Waals surface area (Å²) in [6.45, 7) is 6.26. The van der Waals surface area contributed by atoms with Crippen LogP contribution in [0.1, 0.15) is 30.0 Å². The minimum atomic E-state index is -0.232. The van der Waals surface area contributed by atoms with Gasteiger partial charge in [-0.3, -0.25) is 0 Å². The molecule has 0 saturated carbocycles. The number of benzene rings is 2. The monoisotopic (exact) mass is 287 g/mol. The molecule has 2 nitrogen and oxygen atoms in total. The fourth-order valence-electron chi connectivity index (χ4n) is 1.99. The predicted octanol–water partition coefficient (Wildman–Crippen LogP) is 4.21. The van der Waals surface area contributed by atoms with Gasteiger partial charge in [0.05, 0.1) is 0 Å². The average Bonchev–Trinajstić information content (AvgIpc) is 2.50. The van der Waals surface area contributed by atoms with E-state index in [1.807, 2.05) is 12.1 Å². The number of nitrogens with one attached hydrogen (secondary N) is 1. The molecule has 0 unspecified atom stereocenters. The quantitative estimate of drug-likeness (QED) is 0.770. The molecule has 0 aromatic heterocycles. The van der Waals surface area contributed by atoms with E-state index >= 15 is 0 Å². The van der Waals surface area contributed by atoms with Crippen molar-refractivity contribution in [3.63, 3.8) is 0 Å². The van der Waals surface area contributed by atoms with Gasteiger partial charge in [-0.25, -0.2) is 4.39 Å². The number of hydrogen-bond donors (Lipinski definition) is 1. The first-order valence-electron chi connectivity index (χ1n) is 7.36. The molecule has 0 amide bonds. The zero-order chi connectivity index (χ0) is 15.1. The zero-order valence-electron chi connectivity index (χ0n) is 12.7. The molecule has 0 aliphatic carbocycles. The Morgan fingerprint density at radius 1 is 1.05 bits per heavy atom. The van der Waals surface area contributed by atoms with Gasteiger partial charge in [-0.1, -0.05) is 37.3 Å². The lowest BCUT2D eigenvalue weighted by molar-refractivity contribution is 0.304. The van der Waals surface area contributed by atoms with Gasteiger partial charge < -0.3 is 10.1 Å². The summed E-state index contributed by atoms with van der Waals surface area (Å²) >= 11 is 0. The second-order valence-corrected chi connectivity index (χ2v) is 5.19. The third kappa shape index (κ3) is 4.87. The Balaban J connectivity index is 1.86. The van der Waals surface area contributed by atoms with Crippen LogP contribution in [0.4, 0.5) is 4.39 Å². The van der Waals surface area contributed by atoms with Gasteiger partial charge >= 0.3 is 0 Å². The van der Waals surface area contributed by atoms with Crippen LogP contribution in [0.2, 0.25) is 0 Å². The molecule has 0 heterocycles. The van der Waals surface area contributed by atoms with Crippen molar-refractivity contribution in [3.8, 4) is 5.75 Å². The normalized spacial score (nSPS) is 10.6. The van der Waals surface area contributed by atoms with Gasteiger partial charge in [0.15, 0.2) is 0 Å². The van der Waals surface area contributed by atoms with Crippen LogP contribution in [-0.2, 0) is 13.2 Å². The van der Waals surface area contributed by atoms with Gasteiger partial charge in [-0.05, 0) is 42.6 Å². The van der Waals surface area contributed by atoms with Gasteiger partial charge in [0.2, 0.25) is 0 Å². The molecule has 112 valence electrons. The van der Waals surface area contributed by atoms with E-state index in [0.29, 0.717) is 17.9 Å². The molecule has 0 radical (unpaired) electrons. The summed E-state index contributed by atoms with van der Waals surface area (Å²) in [6, 6.07) is 13.2. The molecule has 3 heteroatoms. The van der Waals surface area contributed by atoms with Crippen molar-refractivity contribution in [3.05, 3.63) is 65.0 Å². The van der Waals surface area contributed by atoms with Crippen LogP contribution in [0.25, 0.3) is 0 Å². The highest BCUT2D eigenvalue weighted by molar-refractivity contribution is 5.29. The second-order valence-electron chi connectivity index (χ2n) is 5.19. The van der Waals surface area contributed by atoms with Crippen LogP contribution in [0, 0.1) is 12.7 Å². The van der Waals surface area contributed by atoms with Crippen LogP contribution in [0.3, 0.4) is 0 Å². The molecule has 21 heavy (non-hydrogen) atoms. The summed E-state index contributed by atoms with van der Waals surface area (Å²) in [4.78, 5) is 0. The third-order valence-electron chi connectivity index (χ3n) is 3.33. The number of hydrogen-bond acceptors (Lipinski definition) is 2. The Labute approximate surface area is 126 Å². The molecule has 0 atom stereocenters. The molecule has 0 saturated heterocycles. The second kappa shape index (κ2) is 7.79. The fraction of sp³-hybridized carbons (Fsp3) is 0.333.